The van der Waals surface area contributed by atoms with Crippen LogP contribution in [-0.2, 0) is 11.5 Å². The molecular weight excluding hydrogens is 292 g/mol. The van der Waals surface area contributed by atoms with Crippen LogP contribution in [0.3, 0.4) is 0 Å². The average molecular weight is 319 g/mol. The molecule has 21 heavy (non-hydrogen) atoms. The summed E-state index contributed by atoms with van der Waals surface area (Å²) < 4.78 is 0. The highest BCUT2D eigenvalue weighted by molar-refractivity contribution is 7.98. The summed E-state index contributed by atoms with van der Waals surface area (Å²) in [5, 5.41) is 2.75. The van der Waals surface area contributed by atoms with Crippen LogP contribution in [0.2, 0.25) is 0 Å². The number of fused-ring (bicyclic) bond motifs is 1. The van der Waals surface area contributed by atoms with Crippen molar-refractivity contribution in [1.82, 2.24) is 0 Å². The van der Waals surface area contributed by atoms with Crippen molar-refractivity contribution in [1.29, 1.82) is 0 Å². The lowest BCUT2D eigenvalue weighted by molar-refractivity contribution is 0.750. The second-order valence-corrected chi connectivity index (χ2v) is 8.11. The van der Waals surface area contributed by atoms with Gasteiger partial charge in [0, 0.05) is 11.5 Å². The highest BCUT2D eigenvalue weighted by atomic mass is 32.2. The molecule has 0 unspecified atom stereocenters. The van der Waals surface area contributed by atoms with Crippen LogP contribution >= 0.6 is 23.5 Å². The van der Waals surface area contributed by atoms with Crippen LogP contribution in [0.25, 0.3) is 10.8 Å². The largest absolute Gasteiger partial charge is 0.157 e. The molecular formula is C19H26S2. The molecule has 0 aliphatic rings. The second-order valence-electron chi connectivity index (χ2n) is 5.98. The average Bonchev–Trinajstić information content (AvgIpc) is 2.47. The first-order chi connectivity index (χ1) is 10.2. The number of rotatable bonds is 8. The van der Waals surface area contributed by atoms with Gasteiger partial charge in [-0.1, -0.05) is 57.2 Å². The third-order valence-electron chi connectivity index (χ3n) is 3.31. The predicted octanol–water partition coefficient (Wildman–Crippen LogP) is 6.37. The van der Waals surface area contributed by atoms with Gasteiger partial charge in [-0.2, -0.15) is 23.5 Å². The van der Waals surface area contributed by atoms with Gasteiger partial charge in [-0.3, -0.25) is 0 Å². The van der Waals surface area contributed by atoms with Crippen LogP contribution in [0.15, 0.2) is 36.4 Å². The highest BCUT2D eigenvalue weighted by Crippen LogP contribution is 2.23. The topological polar surface area (TPSA) is 0 Å². The molecule has 2 aromatic carbocycles. The quantitative estimate of drug-likeness (QED) is 0.518. The van der Waals surface area contributed by atoms with Crippen molar-refractivity contribution in [3.05, 3.63) is 47.5 Å². The third-order valence-corrected chi connectivity index (χ3v) is 5.98. The monoisotopic (exact) mass is 318 g/mol. The van der Waals surface area contributed by atoms with Gasteiger partial charge in [-0.05, 0) is 45.7 Å². The minimum atomic E-state index is 0.777. The van der Waals surface area contributed by atoms with Crippen LogP contribution in [0.5, 0.6) is 0 Å². The number of thioether (sulfide) groups is 2. The van der Waals surface area contributed by atoms with Crippen LogP contribution in [0, 0.1) is 5.92 Å². The maximum Gasteiger partial charge on any atom is 0.0184 e. The Kier molecular flexibility index (Phi) is 6.98. The first-order valence-electron chi connectivity index (χ1n) is 7.86. The summed E-state index contributed by atoms with van der Waals surface area (Å²) in [6.45, 7) is 6.81. The molecule has 2 heteroatoms. The van der Waals surface area contributed by atoms with Crippen molar-refractivity contribution in [2.24, 2.45) is 5.92 Å². The van der Waals surface area contributed by atoms with E-state index in [0.29, 0.717) is 0 Å². The van der Waals surface area contributed by atoms with E-state index in [0.717, 1.165) is 17.4 Å². The molecule has 2 rings (SSSR count). The van der Waals surface area contributed by atoms with Crippen LogP contribution in [-0.4, -0.2) is 11.5 Å². The third kappa shape index (κ3) is 5.60. The lowest BCUT2D eigenvalue weighted by Gasteiger charge is -2.07. The van der Waals surface area contributed by atoms with Gasteiger partial charge in [0.1, 0.15) is 0 Å². The van der Waals surface area contributed by atoms with E-state index in [1.54, 1.807) is 0 Å². The fraction of sp³-hybridized carbons (Fsp3) is 0.474. The standard InChI is InChI=1S/C19H26S2/c1-4-9-20-13-16-5-7-19-11-17(6-8-18(19)10-16)14-21-12-15(2)3/h5-8,10-11,15H,4,9,12-14H2,1-3H3. The van der Waals surface area contributed by atoms with E-state index in [1.807, 2.05) is 23.5 Å². The van der Waals surface area contributed by atoms with Crippen molar-refractivity contribution in [2.75, 3.05) is 11.5 Å². The molecule has 0 saturated carbocycles. The Labute approximate surface area is 138 Å². The summed E-state index contributed by atoms with van der Waals surface area (Å²) in [5.74, 6) is 5.53. The molecule has 0 radical (unpaired) electrons. The maximum absolute atomic E-state index is 2.35. The lowest BCUT2D eigenvalue weighted by atomic mass is 10.1. The van der Waals surface area contributed by atoms with Crippen LogP contribution < -0.4 is 0 Å². The van der Waals surface area contributed by atoms with Crippen molar-refractivity contribution in [3.63, 3.8) is 0 Å². The maximum atomic E-state index is 2.35. The Morgan fingerprint density at radius 1 is 0.857 bits per heavy atom. The molecule has 0 spiro atoms. The van der Waals surface area contributed by atoms with Gasteiger partial charge >= 0.3 is 0 Å². The highest BCUT2D eigenvalue weighted by Gasteiger charge is 2.01. The number of hydrogen-bond donors (Lipinski definition) is 0. The molecule has 0 nitrogen and oxygen atoms in total. The van der Waals surface area contributed by atoms with Gasteiger partial charge in [0.15, 0.2) is 0 Å². The summed E-state index contributed by atoms with van der Waals surface area (Å²) in [5.41, 5.74) is 2.89. The Morgan fingerprint density at radius 3 is 1.95 bits per heavy atom. The minimum absolute atomic E-state index is 0.777. The van der Waals surface area contributed by atoms with E-state index in [1.165, 1.54) is 39.8 Å². The van der Waals surface area contributed by atoms with Crippen LogP contribution in [0.1, 0.15) is 38.3 Å². The smallest absolute Gasteiger partial charge is 0.0184 e. The Bertz CT molecular complexity index is 560. The molecule has 0 aliphatic heterocycles. The van der Waals surface area contributed by atoms with E-state index in [9.17, 15) is 0 Å². The SMILES string of the molecule is CCCSCc1ccc2cc(CSCC(C)C)ccc2c1. The first kappa shape index (κ1) is 16.8. The fourth-order valence-corrected chi connectivity index (χ4v) is 4.12. The summed E-state index contributed by atoms with van der Waals surface area (Å²) >= 11 is 4.06. The van der Waals surface area contributed by atoms with Gasteiger partial charge in [-0.25, -0.2) is 0 Å². The van der Waals surface area contributed by atoms with Gasteiger partial charge in [0.05, 0.1) is 0 Å². The molecule has 0 saturated heterocycles. The number of hydrogen-bond acceptors (Lipinski definition) is 2. The molecule has 0 amide bonds. The summed E-state index contributed by atoms with van der Waals surface area (Å²) in [6, 6.07) is 13.9. The Balaban J connectivity index is 2.01. The zero-order valence-electron chi connectivity index (χ0n) is 13.4. The molecule has 0 N–H and O–H groups in total. The summed E-state index contributed by atoms with van der Waals surface area (Å²) in [4.78, 5) is 0. The van der Waals surface area contributed by atoms with E-state index in [4.69, 9.17) is 0 Å². The molecule has 0 bridgehead atoms. The summed E-state index contributed by atoms with van der Waals surface area (Å²) in [6.07, 6.45) is 1.26. The van der Waals surface area contributed by atoms with E-state index >= 15 is 0 Å². The Morgan fingerprint density at radius 2 is 1.43 bits per heavy atom. The zero-order valence-corrected chi connectivity index (χ0v) is 15.0. The van der Waals surface area contributed by atoms with E-state index in [-0.39, 0.29) is 0 Å². The molecule has 0 aliphatic carbocycles. The predicted molar refractivity (Wildman–Crippen MR) is 101 cm³/mol. The second kappa shape index (κ2) is 8.75. The minimum Gasteiger partial charge on any atom is -0.157 e. The van der Waals surface area contributed by atoms with E-state index in [2.05, 4.69) is 57.2 Å². The molecule has 0 fully saturated rings. The first-order valence-corrected chi connectivity index (χ1v) is 10.2. The van der Waals surface area contributed by atoms with Crippen molar-refractivity contribution in [2.45, 2.75) is 38.7 Å². The van der Waals surface area contributed by atoms with Gasteiger partial charge in [0.25, 0.3) is 0 Å². The summed E-state index contributed by atoms with van der Waals surface area (Å²) in [7, 11) is 0. The molecule has 114 valence electrons. The molecule has 0 aromatic heterocycles. The molecule has 0 heterocycles. The van der Waals surface area contributed by atoms with Crippen LogP contribution in [0.4, 0.5) is 0 Å². The van der Waals surface area contributed by atoms with Crippen molar-refractivity contribution < 1.29 is 0 Å². The molecule has 0 atom stereocenters. The molecule has 2 aromatic rings. The lowest BCUT2D eigenvalue weighted by Crippen LogP contribution is -1.91. The van der Waals surface area contributed by atoms with Crippen molar-refractivity contribution >= 4 is 34.3 Å². The van der Waals surface area contributed by atoms with Gasteiger partial charge in [-0.15, -0.1) is 0 Å². The van der Waals surface area contributed by atoms with Crippen molar-refractivity contribution in [3.8, 4) is 0 Å². The fourth-order valence-electron chi connectivity index (χ4n) is 2.27. The Hall–Kier alpha value is -0.600. The van der Waals surface area contributed by atoms with Gasteiger partial charge in [0.2, 0.25) is 0 Å². The number of benzene rings is 2. The zero-order chi connectivity index (χ0) is 15.1. The normalized spacial score (nSPS) is 11.4. The van der Waals surface area contributed by atoms with E-state index < -0.39 is 0 Å². The van der Waals surface area contributed by atoms with Gasteiger partial charge < -0.3 is 0 Å².